The second kappa shape index (κ2) is 6.31. The number of benzene rings is 2. The molecule has 1 aliphatic heterocycles. The van der Waals surface area contributed by atoms with Crippen LogP contribution in [0.15, 0.2) is 48.5 Å². The van der Waals surface area contributed by atoms with Crippen molar-refractivity contribution in [1.82, 2.24) is 0 Å². The number of hydrogen-bond donors (Lipinski definition) is 1. The average Bonchev–Trinajstić information content (AvgIpc) is 2.76. The predicted octanol–water partition coefficient (Wildman–Crippen LogP) is 4.60. The molecule has 1 heterocycles. The van der Waals surface area contributed by atoms with Gasteiger partial charge in [0.15, 0.2) is 0 Å². The van der Waals surface area contributed by atoms with E-state index < -0.39 is 6.10 Å². The molecular formula is C19H23NO. The number of para-hydroxylation sites is 2. The smallest absolute Gasteiger partial charge is 0.0807 e. The fourth-order valence-corrected chi connectivity index (χ4v) is 3.18. The molecule has 2 aromatic carbocycles. The van der Waals surface area contributed by atoms with Crippen molar-refractivity contribution < 1.29 is 5.11 Å². The summed E-state index contributed by atoms with van der Waals surface area (Å²) in [5.74, 6) is 0. The number of nitrogens with zero attached hydrogens (tertiary/aromatic N) is 1. The van der Waals surface area contributed by atoms with Crippen LogP contribution in [0.5, 0.6) is 0 Å². The number of anilines is 2. The highest BCUT2D eigenvalue weighted by Crippen LogP contribution is 2.36. The van der Waals surface area contributed by atoms with Gasteiger partial charge in [-0.2, -0.15) is 0 Å². The van der Waals surface area contributed by atoms with Gasteiger partial charge in [-0.25, -0.2) is 0 Å². The summed E-state index contributed by atoms with van der Waals surface area (Å²) in [7, 11) is 0. The van der Waals surface area contributed by atoms with E-state index in [1.807, 2.05) is 13.0 Å². The molecule has 0 unspecified atom stereocenters. The van der Waals surface area contributed by atoms with Gasteiger partial charge in [0.25, 0.3) is 0 Å². The topological polar surface area (TPSA) is 23.5 Å². The van der Waals surface area contributed by atoms with Crippen molar-refractivity contribution in [2.45, 2.75) is 38.7 Å². The summed E-state index contributed by atoms with van der Waals surface area (Å²) in [6.07, 6.45) is 3.91. The first-order chi connectivity index (χ1) is 10.3. The Kier molecular flexibility index (Phi) is 4.26. The minimum Gasteiger partial charge on any atom is -0.388 e. The standard InChI is InChI=1S/C19H23NO/c1-2-19(21)16-11-4-6-13-18(16)20-14-8-7-10-15-9-3-5-12-17(15)20/h3-6,9,11-13,19,21H,2,7-8,10,14H2,1H3/t19-/m0/s1. The molecule has 3 rings (SSSR count). The molecule has 1 aliphatic rings. The normalized spacial score (nSPS) is 16.2. The van der Waals surface area contributed by atoms with Crippen LogP contribution in [0, 0.1) is 0 Å². The average molecular weight is 281 g/mol. The first-order valence-corrected chi connectivity index (χ1v) is 7.93. The second-order valence-corrected chi connectivity index (χ2v) is 5.72. The van der Waals surface area contributed by atoms with Gasteiger partial charge in [-0.15, -0.1) is 0 Å². The lowest BCUT2D eigenvalue weighted by Gasteiger charge is -2.28. The lowest BCUT2D eigenvalue weighted by atomic mass is 10.0. The van der Waals surface area contributed by atoms with E-state index in [1.165, 1.54) is 24.1 Å². The molecule has 0 bridgehead atoms. The molecule has 2 heteroatoms. The Labute approximate surface area is 127 Å². The zero-order valence-electron chi connectivity index (χ0n) is 12.6. The zero-order chi connectivity index (χ0) is 14.7. The van der Waals surface area contributed by atoms with E-state index in [2.05, 4.69) is 47.4 Å². The number of fused-ring (bicyclic) bond motifs is 1. The maximum atomic E-state index is 10.3. The lowest BCUT2D eigenvalue weighted by Crippen LogP contribution is -2.20. The van der Waals surface area contributed by atoms with Gasteiger partial charge in [0.1, 0.15) is 0 Å². The van der Waals surface area contributed by atoms with Gasteiger partial charge in [-0.3, -0.25) is 0 Å². The summed E-state index contributed by atoms with van der Waals surface area (Å²) < 4.78 is 0. The Morgan fingerprint density at radius 2 is 1.71 bits per heavy atom. The molecule has 0 saturated carbocycles. The molecule has 2 aromatic rings. The number of rotatable bonds is 3. The first kappa shape index (κ1) is 14.2. The van der Waals surface area contributed by atoms with Crippen molar-refractivity contribution in [3.05, 3.63) is 59.7 Å². The predicted molar refractivity (Wildman–Crippen MR) is 88.1 cm³/mol. The molecular weight excluding hydrogens is 258 g/mol. The molecule has 2 nitrogen and oxygen atoms in total. The van der Waals surface area contributed by atoms with Gasteiger partial charge in [-0.1, -0.05) is 43.3 Å². The van der Waals surface area contributed by atoms with Gasteiger partial charge in [-0.05, 0) is 43.4 Å². The van der Waals surface area contributed by atoms with Crippen LogP contribution < -0.4 is 4.90 Å². The lowest BCUT2D eigenvalue weighted by molar-refractivity contribution is 0.174. The minimum absolute atomic E-state index is 0.392. The number of aryl methyl sites for hydroxylation is 1. The molecule has 0 aliphatic carbocycles. The fourth-order valence-electron chi connectivity index (χ4n) is 3.18. The second-order valence-electron chi connectivity index (χ2n) is 5.72. The van der Waals surface area contributed by atoms with Crippen LogP contribution in [0.1, 0.15) is 43.4 Å². The van der Waals surface area contributed by atoms with Crippen molar-refractivity contribution in [2.24, 2.45) is 0 Å². The van der Waals surface area contributed by atoms with E-state index in [9.17, 15) is 5.11 Å². The van der Waals surface area contributed by atoms with Crippen LogP contribution in [0.2, 0.25) is 0 Å². The van der Waals surface area contributed by atoms with Crippen molar-refractivity contribution >= 4 is 11.4 Å². The third-order valence-electron chi connectivity index (χ3n) is 4.33. The molecule has 110 valence electrons. The van der Waals surface area contributed by atoms with Crippen LogP contribution >= 0.6 is 0 Å². The van der Waals surface area contributed by atoms with Crippen LogP contribution in [0.3, 0.4) is 0 Å². The summed E-state index contributed by atoms with van der Waals surface area (Å²) in [6.45, 7) is 3.04. The first-order valence-electron chi connectivity index (χ1n) is 7.93. The number of aliphatic hydroxyl groups excluding tert-OH is 1. The van der Waals surface area contributed by atoms with Gasteiger partial charge in [0.2, 0.25) is 0 Å². The third-order valence-corrected chi connectivity index (χ3v) is 4.33. The Hall–Kier alpha value is -1.80. The summed E-state index contributed by atoms with van der Waals surface area (Å²) in [4.78, 5) is 2.39. The SMILES string of the molecule is CC[C@H](O)c1ccccc1N1CCCCc2ccccc21. The summed E-state index contributed by atoms with van der Waals surface area (Å²) >= 11 is 0. The van der Waals surface area contributed by atoms with Gasteiger partial charge in [0, 0.05) is 23.5 Å². The van der Waals surface area contributed by atoms with Crippen molar-refractivity contribution in [2.75, 3.05) is 11.4 Å². The Morgan fingerprint density at radius 1 is 1.00 bits per heavy atom. The molecule has 0 fully saturated rings. The molecule has 1 N–H and O–H groups in total. The molecule has 0 radical (unpaired) electrons. The van der Waals surface area contributed by atoms with Crippen LogP contribution in [-0.4, -0.2) is 11.7 Å². The van der Waals surface area contributed by atoms with E-state index >= 15 is 0 Å². The summed E-state index contributed by atoms with van der Waals surface area (Å²) in [5, 5.41) is 10.3. The van der Waals surface area contributed by atoms with Gasteiger partial charge in [0.05, 0.1) is 6.10 Å². The highest BCUT2D eigenvalue weighted by molar-refractivity contribution is 5.70. The Bertz CT molecular complexity index is 608. The molecule has 1 atom stereocenters. The van der Waals surface area contributed by atoms with Crippen molar-refractivity contribution in [3.8, 4) is 0 Å². The Balaban J connectivity index is 2.08. The largest absolute Gasteiger partial charge is 0.388 e. The molecule has 0 aromatic heterocycles. The molecule has 0 spiro atoms. The quantitative estimate of drug-likeness (QED) is 0.888. The highest BCUT2D eigenvalue weighted by atomic mass is 16.3. The van der Waals surface area contributed by atoms with Crippen LogP contribution in [-0.2, 0) is 6.42 Å². The van der Waals surface area contributed by atoms with Gasteiger partial charge >= 0.3 is 0 Å². The van der Waals surface area contributed by atoms with E-state index in [0.29, 0.717) is 0 Å². The van der Waals surface area contributed by atoms with E-state index in [4.69, 9.17) is 0 Å². The van der Waals surface area contributed by atoms with Crippen molar-refractivity contribution in [3.63, 3.8) is 0 Å². The molecule has 21 heavy (non-hydrogen) atoms. The van der Waals surface area contributed by atoms with Crippen molar-refractivity contribution in [1.29, 1.82) is 0 Å². The van der Waals surface area contributed by atoms with E-state index in [0.717, 1.165) is 30.6 Å². The summed E-state index contributed by atoms with van der Waals surface area (Å²) in [5.41, 5.74) is 4.90. The van der Waals surface area contributed by atoms with Crippen LogP contribution in [0.25, 0.3) is 0 Å². The minimum atomic E-state index is -0.392. The zero-order valence-corrected chi connectivity index (χ0v) is 12.6. The third kappa shape index (κ3) is 2.81. The van der Waals surface area contributed by atoms with Gasteiger partial charge < -0.3 is 10.0 Å². The summed E-state index contributed by atoms with van der Waals surface area (Å²) in [6, 6.07) is 16.9. The van der Waals surface area contributed by atoms with E-state index in [1.54, 1.807) is 0 Å². The fraction of sp³-hybridized carbons (Fsp3) is 0.368. The highest BCUT2D eigenvalue weighted by Gasteiger charge is 2.20. The Morgan fingerprint density at radius 3 is 2.52 bits per heavy atom. The molecule has 0 amide bonds. The maximum absolute atomic E-state index is 10.3. The number of aliphatic hydroxyl groups is 1. The van der Waals surface area contributed by atoms with Crippen LogP contribution in [0.4, 0.5) is 11.4 Å². The maximum Gasteiger partial charge on any atom is 0.0807 e. The molecule has 0 saturated heterocycles. The number of hydrogen-bond acceptors (Lipinski definition) is 2. The monoisotopic (exact) mass is 281 g/mol. The van der Waals surface area contributed by atoms with E-state index in [-0.39, 0.29) is 0 Å².